The number of sulfonamides is 1. The standard InChI is InChI=1S/C20H21NO3S/c1-2-16-7-10-19(11-8-16)24-14-13-21-25(22,23)20-12-9-17-5-3-4-6-18(17)15-20/h3-12,15,21H,2,13-14H2,1H3. The second-order valence-corrected chi connectivity index (χ2v) is 7.52. The molecule has 3 rings (SSSR count). The summed E-state index contributed by atoms with van der Waals surface area (Å²) in [5.41, 5.74) is 1.24. The van der Waals surface area contributed by atoms with E-state index in [1.807, 2.05) is 54.6 Å². The van der Waals surface area contributed by atoms with Gasteiger partial charge in [-0.2, -0.15) is 0 Å². The molecule has 0 spiro atoms. The molecule has 0 aliphatic rings. The van der Waals surface area contributed by atoms with Crippen LogP contribution in [0, 0.1) is 0 Å². The van der Waals surface area contributed by atoms with Crippen molar-refractivity contribution < 1.29 is 13.2 Å². The SMILES string of the molecule is CCc1ccc(OCCNS(=O)(=O)c2ccc3ccccc3c2)cc1. The summed E-state index contributed by atoms with van der Waals surface area (Å²) in [6.07, 6.45) is 0.978. The van der Waals surface area contributed by atoms with E-state index in [9.17, 15) is 8.42 Å². The van der Waals surface area contributed by atoms with Gasteiger partial charge in [-0.3, -0.25) is 0 Å². The van der Waals surface area contributed by atoms with E-state index in [4.69, 9.17) is 4.74 Å². The van der Waals surface area contributed by atoms with Crippen molar-refractivity contribution in [1.29, 1.82) is 0 Å². The van der Waals surface area contributed by atoms with Gasteiger partial charge >= 0.3 is 0 Å². The first-order valence-electron chi connectivity index (χ1n) is 8.29. The quantitative estimate of drug-likeness (QED) is 0.657. The normalized spacial score (nSPS) is 11.6. The highest BCUT2D eigenvalue weighted by molar-refractivity contribution is 7.89. The summed E-state index contributed by atoms with van der Waals surface area (Å²) in [7, 11) is -3.55. The lowest BCUT2D eigenvalue weighted by Crippen LogP contribution is -2.28. The van der Waals surface area contributed by atoms with Crippen molar-refractivity contribution in [3.63, 3.8) is 0 Å². The molecule has 3 aromatic carbocycles. The topological polar surface area (TPSA) is 55.4 Å². The molecule has 0 atom stereocenters. The summed E-state index contributed by atoms with van der Waals surface area (Å²) in [6, 6.07) is 20.6. The lowest BCUT2D eigenvalue weighted by molar-refractivity contribution is 0.323. The predicted octanol–water partition coefficient (Wildman–Crippen LogP) is 3.76. The van der Waals surface area contributed by atoms with Crippen LogP contribution in [-0.4, -0.2) is 21.6 Å². The third kappa shape index (κ3) is 4.38. The van der Waals surface area contributed by atoms with Gasteiger partial charge in [0.15, 0.2) is 0 Å². The van der Waals surface area contributed by atoms with Crippen LogP contribution in [0.1, 0.15) is 12.5 Å². The summed E-state index contributed by atoms with van der Waals surface area (Å²) >= 11 is 0. The van der Waals surface area contributed by atoms with E-state index in [1.165, 1.54) is 5.56 Å². The van der Waals surface area contributed by atoms with Crippen LogP contribution in [0.5, 0.6) is 5.75 Å². The predicted molar refractivity (Wildman–Crippen MR) is 100 cm³/mol. The number of benzene rings is 3. The maximum Gasteiger partial charge on any atom is 0.240 e. The van der Waals surface area contributed by atoms with Crippen molar-refractivity contribution in [3.05, 3.63) is 72.3 Å². The monoisotopic (exact) mass is 355 g/mol. The molecule has 25 heavy (non-hydrogen) atoms. The van der Waals surface area contributed by atoms with Crippen LogP contribution in [0.2, 0.25) is 0 Å². The van der Waals surface area contributed by atoms with Crippen molar-refractivity contribution >= 4 is 20.8 Å². The molecule has 3 aromatic rings. The molecule has 0 bridgehead atoms. The Hall–Kier alpha value is -2.37. The Kier molecular flexibility index (Phi) is 5.36. The van der Waals surface area contributed by atoms with Crippen LogP contribution in [0.4, 0.5) is 0 Å². The molecule has 0 unspecified atom stereocenters. The second-order valence-electron chi connectivity index (χ2n) is 5.75. The molecule has 4 nitrogen and oxygen atoms in total. The second kappa shape index (κ2) is 7.68. The van der Waals surface area contributed by atoms with E-state index in [0.29, 0.717) is 0 Å². The summed E-state index contributed by atoms with van der Waals surface area (Å²) in [5, 5.41) is 1.91. The highest BCUT2D eigenvalue weighted by Crippen LogP contribution is 2.18. The summed E-state index contributed by atoms with van der Waals surface area (Å²) in [6.45, 7) is 2.58. The summed E-state index contributed by atoms with van der Waals surface area (Å²) < 4.78 is 33.0. The fourth-order valence-electron chi connectivity index (χ4n) is 2.58. The molecule has 0 fully saturated rings. The molecule has 0 saturated heterocycles. The van der Waals surface area contributed by atoms with Gasteiger partial charge in [0.05, 0.1) is 4.90 Å². The molecule has 5 heteroatoms. The van der Waals surface area contributed by atoms with E-state index >= 15 is 0 Å². The fraction of sp³-hybridized carbons (Fsp3) is 0.200. The van der Waals surface area contributed by atoms with Crippen LogP contribution in [0.25, 0.3) is 10.8 Å². The van der Waals surface area contributed by atoms with Gasteiger partial charge in [0.25, 0.3) is 0 Å². The lowest BCUT2D eigenvalue weighted by Gasteiger charge is -2.09. The van der Waals surface area contributed by atoms with Gasteiger partial charge in [0.1, 0.15) is 12.4 Å². The summed E-state index contributed by atoms with van der Waals surface area (Å²) in [4.78, 5) is 0.262. The zero-order chi connectivity index (χ0) is 17.7. The molecule has 0 heterocycles. The first-order chi connectivity index (χ1) is 12.1. The van der Waals surface area contributed by atoms with Gasteiger partial charge in [-0.15, -0.1) is 0 Å². The molecule has 0 aliphatic carbocycles. The maximum atomic E-state index is 12.4. The Balaban J connectivity index is 1.58. The van der Waals surface area contributed by atoms with Crippen LogP contribution in [0.15, 0.2) is 71.6 Å². The first-order valence-corrected chi connectivity index (χ1v) is 9.77. The molecule has 130 valence electrons. The van der Waals surface area contributed by atoms with E-state index in [0.717, 1.165) is 22.9 Å². The largest absolute Gasteiger partial charge is 0.492 e. The molecule has 0 aliphatic heterocycles. The van der Waals surface area contributed by atoms with Crippen molar-refractivity contribution in [2.24, 2.45) is 0 Å². The number of rotatable bonds is 7. The van der Waals surface area contributed by atoms with E-state index < -0.39 is 10.0 Å². The Morgan fingerprint density at radius 3 is 2.36 bits per heavy atom. The number of fused-ring (bicyclic) bond motifs is 1. The number of hydrogen-bond donors (Lipinski definition) is 1. The number of nitrogens with one attached hydrogen (secondary N) is 1. The number of hydrogen-bond acceptors (Lipinski definition) is 3. The van der Waals surface area contributed by atoms with Crippen LogP contribution in [-0.2, 0) is 16.4 Å². The third-order valence-corrected chi connectivity index (χ3v) is 5.48. The molecular weight excluding hydrogens is 334 g/mol. The molecule has 0 aromatic heterocycles. The van der Waals surface area contributed by atoms with Crippen LogP contribution >= 0.6 is 0 Å². The van der Waals surface area contributed by atoms with Crippen molar-refractivity contribution in [2.75, 3.05) is 13.2 Å². The van der Waals surface area contributed by atoms with Crippen molar-refractivity contribution in [1.82, 2.24) is 4.72 Å². The zero-order valence-corrected chi connectivity index (χ0v) is 14.9. The highest BCUT2D eigenvalue weighted by atomic mass is 32.2. The van der Waals surface area contributed by atoms with Gasteiger partial charge < -0.3 is 4.74 Å². The summed E-state index contributed by atoms with van der Waals surface area (Å²) in [5.74, 6) is 0.738. The van der Waals surface area contributed by atoms with Crippen molar-refractivity contribution in [2.45, 2.75) is 18.2 Å². The van der Waals surface area contributed by atoms with E-state index in [-0.39, 0.29) is 18.0 Å². The minimum absolute atomic E-state index is 0.213. The minimum atomic E-state index is -3.55. The number of aryl methyl sites for hydroxylation is 1. The molecule has 1 N–H and O–H groups in total. The van der Waals surface area contributed by atoms with Crippen molar-refractivity contribution in [3.8, 4) is 5.75 Å². The van der Waals surface area contributed by atoms with E-state index in [2.05, 4.69) is 11.6 Å². The van der Waals surface area contributed by atoms with Gasteiger partial charge in [-0.1, -0.05) is 49.4 Å². The van der Waals surface area contributed by atoms with E-state index in [1.54, 1.807) is 12.1 Å². The highest BCUT2D eigenvalue weighted by Gasteiger charge is 2.13. The number of ether oxygens (including phenoxy) is 1. The average molecular weight is 355 g/mol. The van der Waals surface area contributed by atoms with Gasteiger partial charge in [0.2, 0.25) is 10.0 Å². The van der Waals surface area contributed by atoms with Gasteiger partial charge in [-0.05, 0) is 47.0 Å². The third-order valence-electron chi connectivity index (χ3n) is 4.03. The average Bonchev–Trinajstić information content (AvgIpc) is 2.65. The Labute approximate surface area is 148 Å². The zero-order valence-electron chi connectivity index (χ0n) is 14.1. The first kappa shape index (κ1) is 17.5. The van der Waals surface area contributed by atoms with Crippen LogP contribution in [0.3, 0.4) is 0 Å². The van der Waals surface area contributed by atoms with Gasteiger partial charge in [-0.25, -0.2) is 13.1 Å². The smallest absolute Gasteiger partial charge is 0.240 e. The lowest BCUT2D eigenvalue weighted by atomic mass is 10.1. The maximum absolute atomic E-state index is 12.4. The van der Waals surface area contributed by atoms with Crippen LogP contribution < -0.4 is 9.46 Å². The fourth-order valence-corrected chi connectivity index (χ4v) is 3.63. The Morgan fingerprint density at radius 1 is 0.920 bits per heavy atom. The molecule has 0 saturated carbocycles. The minimum Gasteiger partial charge on any atom is -0.492 e. The molecule has 0 amide bonds. The Bertz CT molecular complexity index is 950. The molecule has 0 radical (unpaired) electrons. The Morgan fingerprint density at radius 2 is 1.64 bits per heavy atom. The van der Waals surface area contributed by atoms with Gasteiger partial charge in [0, 0.05) is 6.54 Å². The molecular formula is C20H21NO3S.